The predicted molar refractivity (Wildman–Crippen MR) is 118 cm³/mol. The topological polar surface area (TPSA) is 119 Å². The van der Waals surface area contributed by atoms with Gasteiger partial charge in [-0.3, -0.25) is 24.5 Å². The Morgan fingerprint density at radius 3 is 2.61 bits per heavy atom. The molecule has 0 saturated heterocycles. The largest absolute Gasteiger partial charge is 0.455 e. The van der Waals surface area contributed by atoms with E-state index < -0.39 is 10.3 Å². The Bertz CT molecular complexity index is 1020. The number of rotatable bonds is 5. The summed E-state index contributed by atoms with van der Waals surface area (Å²) in [6.45, 7) is 1.66. The minimum Gasteiger partial charge on any atom is -0.455 e. The molecule has 1 N–H and O–H groups in total. The van der Waals surface area contributed by atoms with Gasteiger partial charge in [0.2, 0.25) is 5.91 Å². The van der Waals surface area contributed by atoms with Crippen LogP contribution < -0.4 is 10.2 Å². The van der Waals surface area contributed by atoms with Gasteiger partial charge < -0.3 is 15.0 Å². The van der Waals surface area contributed by atoms with Crippen LogP contribution in [0.15, 0.2) is 18.2 Å². The summed E-state index contributed by atoms with van der Waals surface area (Å²) in [5.74, 6) is 0.0666. The smallest absolute Gasteiger partial charge is 0.312 e. The Labute approximate surface area is 192 Å². The van der Waals surface area contributed by atoms with E-state index >= 15 is 0 Å². The number of amides is 2. The van der Waals surface area contributed by atoms with Gasteiger partial charge in [0, 0.05) is 36.8 Å². The van der Waals surface area contributed by atoms with Gasteiger partial charge in [0.25, 0.3) is 11.6 Å². The molecule has 0 radical (unpaired) electrons. The minimum absolute atomic E-state index is 0.00407. The number of esters is 1. The van der Waals surface area contributed by atoms with Crippen LogP contribution in [-0.2, 0) is 25.5 Å². The molecule has 4 bridgehead atoms. The first-order valence-electron chi connectivity index (χ1n) is 11.7. The molecule has 176 valence electrons. The highest BCUT2D eigenvalue weighted by Crippen LogP contribution is 2.62. The number of aryl methyl sites for hydroxylation is 1. The molecule has 5 aliphatic rings. The standard InChI is InChI=1S/C24H29N3O6/c1-15(28)25-24-11-16-7-17(12-24)10-23(9-16,14-24)22(30)33-13-21(29)26-6-2-3-18-8-19(27(31)32)4-5-20(18)26/h4-5,8,16-17H,2-3,6-7,9-14H2,1H3,(H,25,28). The molecule has 0 aromatic heterocycles. The summed E-state index contributed by atoms with van der Waals surface area (Å²) in [6.07, 6.45) is 6.36. The lowest BCUT2D eigenvalue weighted by Crippen LogP contribution is -2.64. The maximum absolute atomic E-state index is 13.3. The molecule has 9 heteroatoms. The molecule has 4 aliphatic carbocycles. The van der Waals surface area contributed by atoms with Gasteiger partial charge >= 0.3 is 5.97 Å². The Balaban J connectivity index is 1.28. The number of nitro benzene ring substituents is 1. The maximum atomic E-state index is 13.3. The van der Waals surface area contributed by atoms with Crippen molar-refractivity contribution in [3.05, 3.63) is 33.9 Å². The third-order valence-electron chi connectivity index (χ3n) is 7.96. The summed E-state index contributed by atoms with van der Waals surface area (Å²) in [7, 11) is 0. The number of nitrogens with zero attached hydrogens (tertiary/aromatic N) is 2. The number of ether oxygens (including phenoxy) is 1. The SMILES string of the molecule is CC(=O)NC12CC3CC(C1)CC(C(=O)OCC(=O)N1CCCc4cc([N+](=O)[O-])ccc41)(C3)C2. The summed E-state index contributed by atoms with van der Waals surface area (Å²) >= 11 is 0. The number of benzene rings is 1. The first-order valence-corrected chi connectivity index (χ1v) is 11.7. The Morgan fingerprint density at radius 1 is 1.21 bits per heavy atom. The zero-order valence-electron chi connectivity index (χ0n) is 18.8. The quantitative estimate of drug-likeness (QED) is 0.414. The Morgan fingerprint density at radius 2 is 1.94 bits per heavy atom. The molecule has 9 nitrogen and oxygen atoms in total. The van der Waals surface area contributed by atoms with Gasteiger partial charge in [0.1, 0.15) is 0 Å². The lowest BCUT2D eigenvalue weighted by Gasteiger charge is -2.60. The number of hydrogen-bond donors (Lipinski definition) is 1. The number of carbonyl (C=O) groups is 3. The van der Waals surface area contributed by atoms with Crippen molar-refractivity contribution in [1.82, 2.24) is 5.32 Å². The molecule has 33 heavy (non-hydrogen) atoms. The molecule has 2 atom stereocenters. The molecule has 1 aromatic rings. The zero-order valence-corrected chi connectivity index (χ0v) is 18.8. The highest BCUT2D eigenvalue weighted by Gasteiger charge is 2.61. The van der Waals surface area contributed by atoms with Gasteiger partial charge in [-0.25, -0.2) is 0 Å². The molecule has 0 spiro atoms. The summed E-state index contributed by atoms with van der Waals surface area (Å²) in [4.78, 5) is 50.3. The van der Waals surface area contributed by atoms with Crippen LogP contribution in [0, 0.1) is 27.4 Å². The maximum Gasteiger partial charge on any atom is 0.312 e. The fraction of sp³-hybridized carbons (Fsp3) is 0.625. The van der Waals surface area contributed by atoms with E-state index in [0.29, 0.717) is 43.3 Å². The number of nitro groups is 1. The molecular weight excluding hydrogens is 426 g/mol. The molecule has 2 unspecified atom stereocenters. The lowest BCUT2D eigenvalue weighted by molar-refractivity contribution is -0.384. The third kappa shape index (κ3) is 3.87. The van der Waals surface area contributed by atoms with E-state index in [9.17, 15) is 24.5 Å². The van der Waals surface area contributed by atoms with Crippen molar-refractivity contribution < 1.29 is 24.0 Å². The number of non-ortho nitro benzene ring substituents is 1. The van der Waals surface area contributed by atoms with E-state index in [-0.39, 0.29) is 35.6 Å². The van der Waals surface area contributed by atoms with Gasteiger partial charge in [-0.2, -0.15) is 0 Å². The van der Waals surface area contributed by atoms with Crippen LogP contribution in [0.25, 0.3) is 0 Å². The molecule has 1 aliphatic heterocycles. The monoisotopic (exact) mass is 455 g/mol. The van der Waals surface area contributed by atoms with Crippen LogP contribution >= 0.6 is 0 Å². The second-order valence-electron chi connectivity index (χ2n) is 10.5. The van der Waals surface area contributed by atoms with Gasteiger partial charge in [0.05, 0.1) is 10.3 Å². The lowest BCUT2D eigenvalue weighted by atomic mass is 9.47. The second-order valence-corrected chi connectivity index (χ2v) is 10.5. The minimum atomic E-state index is -0.632. The second kappa shape index (κ2) is 7.81. The van der Waals surface area contributed by atoms with Crippen molar-refractivity contribution in [2.75, 3.05) is 18.1 Å². The van der Waals surface area contributed by atoms with E-state index in [4.69, 9.17) is 4.74 Å². The first kappa shape index (κ1) is 21.9. The van der Waals surface area contributed by atoms with Crippen LogP contribution in [0.5, 0.6) is 0 Å². The van der Waals surface area contributed by atoms with Crippen LogP contribution in [0.4, 0.5) is 11.4 Å². The molecule has 6 rings (SSSR count). The number of fused-ring (bicyclic) bond motifs is 1. The van der Waals surface area contributed by atoms with Crippen molar-refractivity contribution in [3.63, 3.8) is 0 Å². The van der Waals surface area contributed by atoms with Gasteiger partial charge in [-0.05, 0) is 74.8 Å². The van der Waals surface area contributed by atoms with Crippen molar-refractivity contribution in [1.29, 1.82) is 0 Å². The van der Waals surface area contributed by atoms with Gasteiger partial charge in [-0.15, -0.1) is 0 Å². The van der Waals surface area contributed by atoms with Gasteiger partial charge in [-0.1, -0.05) is 0 Å². The number of nitrogens with one attached hydrogen (secondary N) is 1. The molecule has 4 fully saturated rings. The van der Waals surface area contributed by atoms with E-state index in [1.54, 1.807) is 11.0 Å². The van der Waals surface area contributed by atoms with E-state index in [1.165, 1.54) is 19.1 Å². The zero-order chi connectivity index (χ0) is 23.4. The molecule has 2 amide bonds. The summed E-state index contributed by atoms with van der Waals surface area (Å²) < 4.78 is 5.62. The predicted octanol–water partition coefficient (Wildman–Crippen LogP) is 2.89. The Hall–Kier alpha value is -2.97. The molecular formula is C24H29N3O6. The first-order chi connectivity index (χ1) is 15.7. The van der Waals surface area contributed by atoms with Crippen molar-refractivity contribution >= 4 is 29.2 Å². The van der Waals surface area contributed by atoms with Crippen molar-refractivity contribution in [3.8, 4) is 0 Å². The normalized spacial score (nSPS) is 31.6. The van der Waals surface area contributed by atoms with Crippen LogP contribution in [0.1, 0.15) is 57.4 Å². The van der Waals surface area contributed by atoms with Crippen LogP contribution in [0.3, 0.4) is 0 Å². The van der Waals surface area contributed by atoms with E-state index in [2.05, 4.69) is 5.32 Å². The van der Waals surface area contributed by atoms with Crippen molar-refractivity contribution in [2.24, 2.45) is 17.3 Å². The van der Waals surface area contributed by atoms with Gasteiger partial charge in [0.15, 0.2) is 6.61 Å². The van der Waals surface area contributed by atoms with E-state index in [1.807, 2.05) is 0 Å². The highest BCUT2D eigenvalue weighted by molar-refractivity contribution is 5.96. The average molecular weight is 456 g/mol. The summed E-state index contributed by atoms with van der Waals surface area (Å²) in [6, 6.07) is 4.51. The van der Waals surface area contributed by atoms with Crippen LogP contribution in [0.2, 0.25) is 0 Å². The number of anilines is 1. The molecule has 1 aromatic carbocycles. The van der Waals surface area contributed by atoms with Crippen molar-refractivity contribution in [2.45, 2.75) is 63.8 Å². The van der Waals surface area contributed by atoms with E-state index in [0.717, 1.165) is 37.7 Å². The number of carbonyl (C=O) groups excluding carboxylic acids is 3. The fourth-order valence-corrected chi connectivity index (χ4v) is 7.34. The fourth-order valence-electron chi connectivity index (χ4n) is 7.34. The molecule has 1 heterocycles. The van der Waals surface area contributed by atoms with Crippen LogP contribution in [-0.4, -0.2) is 41.4 Å². The average Bonchev–Trinajstić information content (AvgIpc) is 2.74. The number of hydrogen-bond acceptors (Lipinski definition) is 6. The summed E-state index contributed by atoms with van der Waals surface area (Å²) in [5.41, 5.74) is 0.442. The third-order valence-corrected chi connectivity index (χ3v) is 7.96. The molecule has 4 saturated carbocycles. The highest BCUT2D eigenvalue weighted by atomic mass is 16.6. The Kier molecular flexibility index (Phi) is 5.17. The summed E-state index contributed by atoms with van der Waals surface area (Å²) in [5, 5.41) is 14.2.